The van der Waals surface area contributed by atoms with Crippen LogP contribution < -0.4 is 25.4 Å². The summed E-state index contributed by atoms with van der Waals surface area (Å²) in [6, 6.07) is 3.08. The van der Waals surface area contributed by atoms with E-state index in [-0.39, 0.29) is 0 Å². The Labute approximate surface area is 331 Å². The number of piperazine rings is 2. The number of aryl methyl sites for hydroxylation is 4. The highest BCUT2D eigenvalue weighted by Gasteiger charge is 2.30. The Morgan fingerprint density at radius 2 is 0.982 bits per heavy atom. The van der Waals surface area contributed by atoms with E-state index >= 15 is 0 Å². The zero-order chi connectivity index (χ0) is 39.2. The largest absolute Gasteiger partial charge is 0.333 e. The Bertz CT molecular complexity index is 1880. The summed E-state index contributed by atoms with van der Waals surface area (Å²) in [5.74, 6) is 0. The van der Waals surface area contributed by atoms with Gasteiger partial charge in [0.2, 0.25) is 0 Å². The zero-order valence-corrected chi connectivity index (χ0v) is 34.6. The molecule has 0 bridgehead atoms. The molecule has 0 saturated carbocycles. The number of nitrogens with zero attached hydrogens (tertiary/aromatic N) is 3. The maximum absolute atomic E-state index is 12.6. The van der Waals surface area contributed by atoms with Gasteiger partial charge in [0, 0.05) is 74.4 Å². The number of rotatable bonds is 7. The van der Waals surface area contributed by atoms with Gasteiger partial charge < -0.3 is 25.8 Å². The Balaban J connectivity index is 0.000000160. The van der Waals surface area contributed by atoms with Crippen molar-refractivity contribution >= 4 is 53.6 Å². The molecule has 0 radical (unpaired) electrons. The van der Waals surface area contributed by atoms with E-state index in [9.17, 15) is 26.4 Å². The quantitative estimate of drug-likeness (QED) is 0.261. The van der Waals surface area contributed by atoms with Crippen LogP contribution >= 0.6 is 10.7 Å². The lowest BCUT2D eigenvalue weighted by Crippen LogP contribution is -2.53. The first-order chi connectivity index (χ1) is 26.3. The molecule has 0 aromatic heterocycles. The van der Waals surface area contributed by atoms with E-state index in [0.29, 0.717) is 26.2 Å². The van der Waals surface area contributed by atoms with Crippen molar-refractivity contribution in [2.75, 3.05) is 76.1 Å². The third kappa shape index (κ3) is 10.7. The van der Waals surface area contributed by atoms with Crippen LogP contribution in [0.15, 0.2) is 12.1 Å². The Hall–Kier alpha value is -2.99. The van der Waals surface area contributed by atoms with Crippen molar-refractivity contribution in [2.45, 2.75) is 90.9 Å². The van der Waals surface area contributed by atoms with Gasteiger partial charge in [0.25, 0.3) is 0 Å². The van der Waals surface area contributed by atoms with Crippen molar-refractivity contribution in [3.05, 3.63) is 56.6 Å². The van der Waals surface area contributed by atoms with Crippen LogP contribution in [0.3, 0.4) is 0 Å². The van der Waals surface area contributed by atoms with Crippen LogP contribution in [0.25, 0.3) is 0 Å². The molecule has 2 aromatic rings. The van der Waals surface area contributed by atoms with Crippen molar-refractivity contribution in [1.82, 2.24) is 28.9 Å². The number of benzene rings is 2. The summed E-state index contributed by atoms with van der Waals surface area (Å²) in [6.07, 6.45) is 12.2. The van der Waals surface area contributed by atoms with Gasteiger partial charge in [-0.25, -0.2) is 19.0 Å². The highest BCUT2D eigenvalue weighted by molar-refractivity contribution is 8.12. The van der Waals surface area contributed by atoms with Crippen LogP contribution in [0, 0.1) is 0 Å². The molecule has 2 fully saturated rings. The predicted molar refractivity (Wildman–Crippen MR) is 218 cm³/mol. The first-order valence-electron chi connectivity index (χ1n) is 20.0. The first kappa shape index (κ1) is 41.6. The first-order valence-corrected chi connectivity index (χ1v) is 23.7. The molecule has 8 rings (SSSR count). The van der Waals surface area contributed by atoms with Crippen LogP contribution in [0.2, 0.25) is 0 Å². The molecule has 2 heterocycles. The lowest BCUT2D eigenvalue weighted by molar-refractivity contribution is 0.195. The topological polar surface area (TPSA) is 172 Å². The number of likely N-dealkylation sites (N-methyl/N-ethyl adjacent to an activating group) is 2. The summed E-state index contributed by atoms with van der Waals surface area (Å²) in [4.78, 5) is 28.9. The van der Waals surface area contributed by atoms with E-state index < -0.39 is 31.5 Å². The summed E-state index contributed by atoms with van der Waals surface area (Å²) in [5.41, 5.74) is 11.5. The van der Waals surface area contributed by atoms with Gasteiger partial charge in [-0.3, -0.25) is 0 Å². The summed E-state index contributed by atoms with van der Waals surface area (Å²) in [6.45, 7) is 13.4. The van der Waals surface area contributed by atoms with Gasteiger partial charge in [0.1, 0.15) is 0 Å². The number of carbonyl (C=O) groups is 2. The second-order valence-electron chi connectivity index (χ2n) is 15.0. The molecule has 17 heteroatoms. The fourth-order valence-corrected chi connectivity index (χ4v) is 10.4. The maximum Gasteiger partial charge on any atom is 0.333 e. The van der Waals surface area contributed by atoms with E-state index in [2.05, 4.69) is 56.5 Å². The molecule has 4 amide bonds. The summed E-state index contributed by atoms with van der Waals surface area (Å²) < 4.78 is 52.3. The number of halogens is 1. The van der Waals surface area contributed by atoms with Crippen LogP contribution in [-0.4, -0.2) is 108 Å². The van der Waals surface area contributed by atoms with E-state index in [1.165, 1.54) is 70.4 Å². The maximum atomic E-state index is 12.6. The third-order valence-electron chi connectivity index (χ3n) is 11.6. The number of urea groups is 2. The molecule has 14 nitrogen and oxygen atoms in total. The van der Waals surface area contributed by atoms with Gasteiger partial charge in [-0.2, -0.15) is 21.1 Å². The molecule has 0 spiro atoms. The van der Waals surface area contributed by atoms with Crippen molar-refractivity contribution in [1.29, 1.82) is 0 Å². The van der Waals surface area contributed by atoms with Crippen molar-refractivity contribution in [3.8, 4) is 0 Å². The average Bonchev–Trinajstić information content (AvgIpc) is 3.99. The number of hydrogen-bond acceptors (Lipinski definition) is 9. The number of nitrogens with one attached hydrogen (secondary N) is 5. The highest BCUT2D eigenvalue weighted by Crippen LogP contribution is 2.40. The molecule has 4 aliphatic carbocycles. The molecular formula is C38H57ClN8O6S2. The van der Waals surface area contributed by atoms with Gasteiger partial charge >= 0.3 is 31.5 Å². The summed E-state index contributed by atoms with van der Waals surface area (Å²) >= 11 is 0. The fraction of sp³-hybridized carbons (Fsp3) is 0.632. The van der Waals surface area contributed by atoms with Gasteiger partial charge in [0.05, 0.1) is 0 Å². The fourth-order valence-electron chi connectivity index (χ4n) is 8.82. The molecule has 2 aliphatic heterocycles. The summed E-state index contributed by atoms with van der Waals surface area (Å²) in [5, 5.41) is 8.88. The van der Waals surface area contributed by atoms with Crippen molar-refractivity contribution < 1.29 is 26.4 Å². The summed E-state index contributed by atoms with van der Waals surface area (Å²) in [7, 11) is -2.85. The highest BCUT2D eigenvalue weighted by atomic mass is 35.7. The molecule has 55 heavy (non-hydrogen) atoms. The standard InChI is InChI=1S/C19H28N4O3S.C13H15ClN2O3S.C6H14N2/c1-2-22-9-11-23(12-10-22)27(25,26)21-19(24)20-18-16-7-3-5-14(16)13-15-6-4-8-17(15)18;14-20(18,19)16-13(17)15-12-10-5-1-3-8(10)7-9-4-2-6-11(9)12;1-2-8-5-3-7-4-6-8/h13H,2-12H2,1H3,(H2,20,21,24);7H,1-6H2,(H2,15,16,17);7H,2-6H2,1H3. The molecule has 6 aliphatic rings. The number of carbonyl (C=O) groups excluding carboxylic acids is 2. The number of amides is 4. The second-order valence-corrected chi connectivity index (χ2v) is 19.0. The predicted octanol–water partition coefficient (Wildman–Crippen LogP) is 3.85. The van der Waals surface area contributed by atoms with E-state index in [1.54, 1.807) is 4.72 Å². The normalized spacial score (nSPS) is 19.5. The zero-order valence-electron chi connectivity index (χ0n) is 32.2. The lowest BCUT2D eigenvalue weighted by Gasteiger charge is -2.33. The average molecular weight is 822 g/mol. The molecule has 2 aromatic carbocycles. The lowest BCUT2D eigenvalue weighted by atomic mass is 9.99. The smallest absolute Gasteiger partial charge is 0.314 e. The number of anilines is 2. The van der Waals surface area contributed by atoms with Crippen LogP contribution in [-0.2, 0) is 70.8 Å². The van der Waals surface area contributed by atoms with Crippen molar-refractivity contribution in [3.63, 3.8) is 0 Å². The van der Waals surface area contributed by atoms with Gasteiger partial charge in [-0.05, 0) is 135 Å². The van der Waals surface area contributed by atoms with Gasteiger partial charge in [0.15, 0.2) is 0 Å². The molecular weight excluding hydrogens is 764 g/mol. The number of fused-ring (bicyclic) bond motifs is 4. The van der Waals surface area contributed by atoms with Crippen LogP contribution in [0.5, 0.6) is 0 Å². The molecule has 5 N–H and O–H groups in total. The van der Waals surface area contributed by atoms with E-state index in [1.807, 2.05) is 0 Å². The minimum Gasteiger partial charge on any atom is -0.314 e. The molecule has 0 atom stereocenters. The van der Waals surface area contributed by atoms with E-state index in [0.717, 1.165) is 106 Å². The minimum atomic E-state index is -4.06. The molecule has 2 saturated heterocycles. The molecule has 0 unspecified atom stereocenters. The van der Waals surface area contributed by atoms with Gasteiger partial charge in [-0.15, -0.1) is 0 Å². The number of hydrogen-bond donors (Lipinski definition) is 5. The third-order valence-corrected chi connectivity index (χ3v) is 13.8. The Kier molecular flexibility index (Phi) is 14.0. The van der Waals surface area contributed by atoms with E-state index in [4.69, 9.17) is 10.7 Å². The van der Waals surface area contributed by atoms with Gasteiger partial charge in [-0.1, -0.05) is 26.0 Å². The van der Waals surface area contributed by atoms with Crippen LogP contribution in [0.4, 0.5) is 21.0 Å². The SMILES string of the molecule is CCN1CCN(S(=O)(=O)NC(=O)Nc2c3c(cc4c2CCC4)CCC3)CC1.CCN1CCNCC1.O=C(Nc1c2c(cc3c1CCC3)CCC2)NS(=O)(=O)Cl. The van der Waals surface area contributed by atoms with Crippen molar-refractivity contribution in [2.24, 2.45) is 0 Å². The molecule has 304 valence electrons. The Morgan fingerprint density at radius 3 is 1.35 bits per heavy atom. The van der Waals surface area contributed by atoms with Crippen LogP contribution in [0.1, 0.15) is 84.0 Å². The minimum absolute atomic E-state index is 0.409. The monoisotopic (exact) mass is 820 g/mol. The Morgan fingerprint density at radius 1 is 0.600 bits per heavy atom. The second kappa shape index (κ2) is 18.5.